The van der Waals surface area contributed by atoms with Crippen LogP contribution in [0.4, 0.5) is 5.88 Å². The number of phenolic OH excluding ortho intramolecular Hbond substituents is 1. The molecule has 3 aromatic carbocycles. The van der Waals surface area contributed by atoms with E-state index in [-0.39, 0.29) is 17.5 Å². The van der Waals surface area contributed by atoms with Crippen LogP contribution in [0, 0.1) is 0 Å². The molecule has 6 heteroatoms. The van der Waals surface area contributed by atoms with Crippen LogP contribution in [0.25, 0.3) is 33.8 Å². The number of phenols is 1. The van der Waals surface area contributed by atoms with Crippen LogP contribution in [0.2, 0.25) is 5.02 Å². The molecule has 29 heavy (non-hydrogen) atoms. The lowest BCUT2D eigenvalue weighted by molar-refractivity contribution is -0.114. The Bertz CT molecular complexity index is 1180. The number of hydrogen-bond acceptors (Lipinski definition) is 4. The molecule has 2 N–H and O–H groups in total. The number of hydrogen-bond donors (Lipinski definition) is 2. The largest absolute Gasteiger partial charge is 0.507 e. The number of amides is 1. The average Bonchev–Trinajstić information content (AvgIpc) is 3.12. The van der Waals surface area contributed by atoms with E-state index in [9.17, 15) is 9.90 Å². The number of nitrogens with one attached hydrogen (secondary N) is 1. The first-order valence-corrected chi connectivity index (χ1v) is 9.33. The van der Waals surface area contributed by atoms with Crippen LogP contribution in [0.5, 0.6) is 5.75 Å². The van der Waals surface area contributed by atoms with E-state index >= 15 is 0 Å². The molecule has 0 saturated carbocycles. The van der Waals surface area contributed by atoms with E-state index in [1.807, 2.05) is 48.5 Å². The van der Waals surface area contributed by atoms with Gasteiger partial charge in [0, 0.05) is 28.6 Å². The highest BCUT2D eigenvalue weighted by molar-refractivity contribution is 6.30. The summed E-state index contributed by atoms with van der Waals surface area (Å²) in [5.41, 5.74) is 3.38. The van der Waals surface area contributed by atoms with E-state index in [4.69, 9.17) is 16.0 Å². The van der Waals surface area contributed by atoms with Gasteiger partial charge in [-0.2, -0.15) is 0 Å². The van der Waals surface area contributed by atoms with Gasteiger partial charge in [-0.3, -0.25) is 10.1 Å². The minimum Gasteiger partial charge on any atom is -0.507 e. The summed E-state index contributed by atoms with van der Waals surface area (Å²) >= 11 is 5.99. The number of aromatic nitrogens is 1. The third-order valence-corrected chi connectivity index (χ3v) is 4.64. The van der Waals surface area contributed by atoms with E-state index in [2.05, 4.69) is 10.3 Å². The van der Waals surface area contributed by atoms with Crippen LogP contribution >= 0.6 is 11.6 Å². The summed E-state index contributed by atoms with van der Waals surface area (Å²) in [6.45, 7) is 1.41. The quantitative estimate of drug-likeness (QED) is 0.438. The zero-order valence-electron chi connectivity index (χ0n) is 15.5. The molecule has 0 saturated heterocycles. The number of aromatic hydroxyl groups is 1. The number of halogens is 1. The van der Waals surface area contributed by atoms with Crippen molar-refractivity contribution < 1.29 is 14.3 Å². The lowest BCUT2D eigenvalue weighted by atomic mass is 9.99. The maximum Gasteiger partial charge on any atom is 0.229 e. The van der Waals surface area contributed by atoms with Gasteiger partial charge in [0.25, 0.3) is 0 Å². The van der Waals surface area contributed by atoms with Crippen LogP contribution in [-0.4, -0.2) is 16.0 Å². The van der Waals surface area contributed by atoms with Crippen molar-refractivity contribution in [3.63, 3.8) is 0 Å². The number of oxazole rings is 1. The molecule has 4 rings (SSSR count). The van der Waals surface area contributed by atoms with Gasteiger partial charge in [-0.1, -0.05) is 60.1 Å². The molecule has 0 atom stereocenters. The van der Waals surface area contributed by atoms with Crippen molar-refractivity contribution in [1.82, 2.24) is 4.98 Å². The number of para-hydroxylation sites is 1. The van der Waals surface area contributed by atoms with Crippen LogP contribution in [-0.2, 0) is 4.79 Å². The van der Waals surface area contributed by atoms with E-state index in [1.54, 1.807) is 24.3 Å². The second kappa shape index (κ2) is 7.81. The van der Waals surface area contributed by atoms with E-state index in [0.717, 1.165) is 11.1 Å². The van der Waals surface area contributed by atoms with Crippen LogP contribution in [0.15, 0.2) is 77.2 Å². The third kappa shape index (κ3) is 3.86. The second-order valence-corrected chi connectivity index (χ2v) is 6.88. The maximum atomic E-state index is 11.7. The van der Waals surface area contributed by atoms with Gasteiger partial charge in [0.1, 0.15) is 11.4 Å². The van der Waals surface area contributed by atoms with Crippen molar-refractivity contribution in [1.29, 1.82) is 0 Å². The van der Waals surface area contributed by atoms with E-state index < -0.39 is 0 Å². The fourth-order valence-corrected chi connectivity index (χ4v) is 3.22. The minimum atomic E-state index is -0.267. The van der Waals surface area contributed by atoms with Crippen molar-refractivity contribution in [3.05, 3.63) is 77.8 Å². The van der Waals surface area contributed by atoms with Crippen molar-refractivity contribution in [2.75, 3.05) is 5.32 Å². The summed E-state index contributed by atoms with van der Waals surface area (Å²) < 4.78 is 5.94. The summed E-state index contributed by atoms with van der Waals surface area (Å²) in [5.74, 6) is 0.475. The molecule has 0 aliphatic rings. The van der Waals surface area contributed by atoms with Crippen molar-refractivity contribution >= 4 is 23.4 Å². The van der Waals surface area contributed by atoms with Crippen molar-refractivity contribution in [3.8, 4) is 39.6 Å². The lowest BCUT2D eigenvalue weighted by Crippen LogP contribution is -2.05. The van der Waals surface area contributed by atoms with Gasteiger partial charge in [-0.15, -0.1) is 0 Å². The SMILES string of the molecule is CC(=O)Nc1oc(-c2ccccc2-c2ccccc2O)nc1-c1ccc(Cl)cc1. The molecular formula is C23H17ClN2O3. The maximum absolute atomic E-state index is 11.7. The van der Waals surface area contributed by atoms with Gasteiger partial charge in [-0.05, 0) is 29.8 Å². The van der Waals surface area contributed by atoms with Crippen molar-refractivity contribution in [2.24, 2.45) is 0 Å². The van der Waals surface area contributed by atoms with Crippen LogP contribution in [0.1, 0.15) is 6.92 Å². The predicted molar refractivity (Wildman–Crippen MR) is 114 cm³/mol. The van der Waals surface area contributed by atoms with Gasteiger partial charge in [0.15, 0.2) is 0 Å². The highest BCUT2D eigenvalue weighted by Gasteiger charge is 2.20. The fourth-order valence-electron chi connectivity index (χ4n) is 3.09. The summed E-state index contributed by atoms with van der Waals surface area (Å²) in [5, 5.41) is 13.6. The predicted octanol–water partition coefficient (Wildman–Crippen LogP) is 5.99. The van der Waals surface area contributed by atoms with Gasteiger partial charge in [0.2, 0.25) is 17.7 Å². The Balaban J connectivity index is 1.88. The van der Waals surface area contributed by atoms with Crippen molar-refractivity contribution in [2.45, 2.75) is 6.92 Å². The molecule has 0 aliphatic carbocycles. The van der Waals surface area contributed by atoms with Crippen LogP contribution in [0.3, 0.4) is 0 Å². The molecule has 0 fully saturated rings. The topological polar surface area (TPSA) is 75.4 Å². The third-order valence-electron chi connectivity index (χ3n) is 4.39. The monoisotopic (exact) mass is 404 g/mol. The summed E-state index contributed by atoms with van der Waals surface area (Å²) in [6, 6.07) is 21.7. The number of anilines is 1. The normalized spacial score (nSPS) is 10.7. The lowest BCUT2D eigenvalue weighted by Gasteiger charge is -2.08. The summed E-state index contributed by atoms with van der Waals surface area (Å²) in [4.78, 5) is 16.3. The average molecular weight is 405 g/mol. The molecule has 1 amide bonds. The fraction of sp³-hybridized carbons (Fsp3) is 0.0435. The van der Waals surface area contributed by atoms with E-state index in [1.165, 1.54) is 6.92 Å². The van der Waals surface area contributed by atoms with Gasteiger partial charge in [-0.25, -0.2) is 4.98 Å². The van der Waals surface area contributed by atoms with Crippen LogP contribution < -0.4 is 5.32 Å². The Morgan fingerprint density at radius 1 is 0.931 bits per heavy atom. The second-order valence-electron chi connectivity index (χ2n) is 6.45. The minimum absolute atomic E-state index is 0.159. The molecule has 0 spiro atoms. The Morgan fingerprint density at radius 3 is 2.21 bits per heavy atom. The molecule has 0 aliphatic heterocycles. The smallest absolute Gasteiger partial charge is 0.229 e. The standard InChI is InChI=1S/C23H17ClN2O3/c1-14(27)25-23-21(15-10-12-16(24)13-11-15)26-22(29-23)19-8-3-2-6-17(19)18-7-4-5-9-20(18)28/h2-13,28H,1H3,(H,25,27). The Labute approximate surface area is 172 Å². The van der Waals surface area contributed by atoms with Gasteiger partial charge in [0.05, 0.1) is 0 Å². The highest BCUT2D eigenvalue weighted by Crippen LogP contribution is 2.39. The molecule has 0 unspecified atom stereocenters. The number of rotatable bonds is 4. The molecular weight excluding hydrogens is 388 g/mol. The van der Waals surface area contributed by atoms with E-state index in [0.29, 0.717) is 27.7 Å². The zero-order chi connectivity index (χ0) is 20.4. The van der Waals surface area contributed by atoms with Gasteiger partial charge >= 0.3 is 0 Å². The molecule has 1 aromatic heterocycles. The summed E-state index contributed by atoms with van der Waals surface area (Å²) in [7, 11) is 0. The number of carbonyl (C=O) groups is 1. The Morgan fingerprint density at radius 2 is 1.55 bits per heavy atom. The number of carbonyl (C=O) groups excluding carboxylic acids is 1. The molecule has 1 heterocycles. The molecule has 144 valence electrons. The Hall–Kier alpha value is -3.57. The van der Waals surface area contributed by atoms with Gasteiger partial charge < -0.3 is 9.52 Å². The Kier molecular flexibility index (Phi) is 5.06. The molecule has 5 nitrogen and oxygen atoms in total. The molecule has 0 bridgehead atoms. The zero-order valence-corrected chi connectivity index (χ0v) is 16.3. The first-order valence-electron chi connectivity index (χ1n) is 8.95. The molecule has 0 radical (unpaired) electrons. The molecule has 4 aromatic rings. The summed E-state index contributed by atoms with van der Waals surface area (Å²) in [6.07, 6.45) is 0. The highest BCUT2D eigenvalue weighted by atomic mass is 35.5. The first kappa shape index (κ1) is 18.8. The first-order chi connectivity index (χ1) is 14.0. The number of benzene rings is 3. The number of nitrogens with zero attached hydrogens (tertiary/aromatic N) is 1.